The standard InChI is InChI=1S/C23H25NO3/c25-20-12-11-19-13-22(23(26)27-16-18-9-5-2-6-10-18)24(21(19)14-20)15-17-7-3-1-4-8-17/h1-10,19,21-22H,11-16H2/t19-,21-,22-/m0/s1. The average Bonchev–Trinajstić information content (AvgIpc) is 3.05. The molecule has 27 heavy (non-hydrogen) atoms. The minimum absolute atomic E-state index is 0.153. The van der Waals surface area contributed by atoms with Gasteiger partial charge in [0.1, 0.15) is 18.4 Å². The first-order valence-corrected chi connectivity index (χ1v) is 9.72. The van der Waals surface area contributed by atoms with Crippen molar-refractivity contribution in [2.45, 2.75) is 50.9 Å². The lowest BCUT2D eigenvalue weighted by atomic mass is 9.84. The van der Waals surface area contributed by atoms with Gasteiger partial charge in [0.15, 0.2) is 0 Å². The van der Waals surface area contributed by atoms with Crippen molar-refractivity contribution in [1.82, 2.24) is 4.90 Å². The highest BCUT2D eigenvalue weighted by Gasteiger charge is 2.47. The Balaban J connectivity index is 1.49. The van der Waals surface area contributed by atoms with Gasteiger partial charge in [-0.1, -0.05) is 60.7 Å². The van der Waals surface area contributed by atoms with Gasteiger partial charge in [-0.2, -0.15) is 0 Å². The number of benzene rings is 2. The molecular weight excluding hydrogens is 338 g/mol. The molecule has 0 bridgehead atoms. The highest BCUT2D eigenvalue weighted by Crippen LogP contribution is 2.40. The van der Waals surface area contributed by atoms with Crippen LogP contribution < -0.4 is 0 Å². The number of fused-ring (bicyclic) bond motifs is 1. The van der Waals surface area contributed by atoms with Crippen LogP contribution in [0.25, 0.3) is 0 Å². The van der Waals surface area contributed by atoms with Crippen molar-refractivity contribution in [3.63, 3.8) is 0 Å². The molecule has 0 amide bonds. The number of ether oxygens (including phenoxy) is 1. The molecule has 1 saturated carbocycles. The van der Waals surface area contributed by atoms with Gasteiger partial charge in [-0.15, -0.1) is 0 Å². The molecule has 140 valence electrons. The number of esters is 1. The highest BCUT2D eigenvalue weighted by molar-refractivity contribution is 5.81. The second-order valence-electron chi connectivity index (χ2n) is 7.61. The van der Waals surface area contributed by atoms with Gasteiger partial charge in [-0.3, -0.25) is 14.5 Å². The van der Waals surface area contributed by atoms with Gasteiger partial charge < -0.3 is 4.74 Å². The van der Waals surface area contributed by atoms with E-state index in [1.165, 1.54) is 0 Å². The van der Waals surface area contributed by atoms with Crippen LogP contribution in [0.3, 0.4) is 0 Å². The maximum absolute atomic E-state index is 12.9. The van der Waals surface area contributed by atoms with Crippen molar-refractivity contribution in [2.75, 3.05) is 0 Å². The number of ketones is 1. The van der Waals surface area contributed by atoms with Crippen molar-refractivity contribution in [1.29, 1.82) is 0 Å². The maximum atomic E-state index is 12.9. The first-order chi connectivity index (χ1) is 13.2. The van der Waals surface area contributed by atoms with Crippen molar-refractivity contribution in [2.24, 2.45) is 5.92 Å². The summed E-state index contributed by atoms with van der Waals surface area (Å²) in [7, 11) is 0. The fourth-order valence-corrected chi connectivity index (χ4v) is 4.44. The first-order valence-electron chi connectivity index (χ1n) is 9.72. The van der Waals surface area contributed by atoms with Crippen LogP contribution in [0.5, 0.6) is 0 Å². The van der Waals surface area contributed by atoms with Crippen molar-refractivity contribution in [3.05, 3.63) is 71.8 Å². The molecule has 0 aromatic heterocycles. The van der Waals surface area contributed by atoms with Crippen molar-refractivity contribution in [3.8, 4) is 0 Å². The Hall–Kier alpha value is -2.46. The van der Waals surface area contributed by atoms with E-state index in [0.717, 1.165) is 24.0 Å². The predicted molar refractivity (Wildman–Crippen MR) is 103 cm³/mol. The molecule has 0 N–H and O–H groups in total. The number of carbonyl (C=O) groups is 2. The highest BCUT2D eigenvalue weighted by atomic mass is 16.5. The second kappa shape index (κ2) is 8.05. The molecule has 2 aromatic rings. The summed E-state index contributed by atoms with van der Waals surface area (Å²) >= 11 is 0. The van der Waals surface area contributed by atoms with E-state index >= 15 is 0 Å². The molecule has 1 aliphatic heterocycles. The third kappa shape index (κ3) is 4.11. The fraction of sp³-hybridized carbons (Fsp3) is 0.391. The number of nitrogens with zero attached hydrogens (tertiary/aromatic N) is 1. The van der Waals surface area contributed by atoms with Crippen LogP contribution in [-0.4, -0.2) is 28.7 Å². The summed E-state index contributed by atoms with van der Waals surface area (Å²) in [6, 6.07) is 19.8. The Morgan fingerprint density at radius 1 is 1.00 bits per heavy atom. The van der Waals surface area contributed by atoms with Gasteiger partial charge in [-0.25, -0.2) is 0 Å². The van der Waals surface area contributed by atoms with Gasteiger partial charge in [0, 0.05) is 25.4 Å². The summed E-state index contributed by atoms with van der Waals surface area (Å²) in [5, 5.41) is 0. The number of likely N-dealkylation sites (tertiary alicyclic amines) is 1. The molecule has 2 aliphatic rings. The largest absolute Gasteiger partial charge is 0.460 e. The number of hydrogen-bond donors (Lipinski definition) is 0. The average molecular weight is 363 g/mol. The number of hydrogen-bond acceptors (Lipinski definition) is 4. The van der Waals surface area contributed by atoms with Crippen LogP contribution in [0.1, 0.15) is 36.8 Å². The van der Waals surface area contributed by atoms with E-state index in [1.807, 2.05) is 48.5 Å². The summed E-state index contributed by atoms with van der Waals surface area (Å²) in [6.45, 7) is 0.976. The molecule has 1 heterocycles. The smallest absolute Gasteiger partial charge is 0.323 e. The number of Topliss-reactive ketones (excluding diaryl/α,β-unsaturated/α-hetero) is 1. The lowest BCUT2D eigenvalue weighted by molar-refractivity contribution is -0.151. The van der Waals surface area contributed by atoms with Crippen LogP contribution >= 0.6 is 0 Å². The lowest BCUT2D eigenvalue weighted by Crippen LogP contribution is -2.43. The summed E-state index contributed by atoms with van der Waals surface area (Å²) in [5.74, 6) is 0.546. The van der Waals surface area contributed by atoms with Crippen molar-refractivity contribution < 1.29 is 14.3 Å². The first kappa shape index (κ1) is 17.9. The zero-order valence-electron chi connectivity index (χ0n) is 15.4. The van der Waals surface area contributed by atoms with Gasteiger partial charge >= 0.3 is 5.97 Å². The van der Waals surface area contributed by atoms with Crippen LogP contribution in [0.4, 0.5) is 0 Å². The molecule has 1 saturated heterocycles. The van der Waals surface area contributed by atoms with Gasteiger partial charge in [0.2, 0.25) is 0 Å². The molecule has 2 aromatic carbocycles. The molecular formula is C23H25NO3. The Morgan fingerprint density at radius 3 is 2.37 bits per heavy atom. The molecule has 0 unspecified atom stereocenters. The monoisotopic (exact) mass is 363 g/mol. The molecule has 4 rings (SSSR count). The molecule has 4 nitrogen and oxygen atoms in total. The summed E-state index contributed by atoms with van der Waals surface area (Å²) < 4.78 is 5.65. The zero-order valence-corrected chi connectivity index (χ0v) is 15.4. The van der Waals surface area contributed by atoms with E-state index < -0.39 is 0 Å². The summed E-state index contributed by atoms with van der Waals surface area (Å²) in [4.78, 5) is 27.2. The second-order valence-corrected chi connectivity index (χ2v) is 7.61. The third-order valence-corrected chi connectivity index (χ3v) is 5.83. The Morgan fingerprint density at radius 2 is 1.67 bits per heavy atom. The van der Waals surface area contributed by atoms with E-state index in [9.17, 15) is 9.59 Å². The Labute approximate surface area is 160 Å². The van der Waals surface area contributed by atoms with Crippen LogP contribution in [0.15, 0.2) is 60.7 Å². The third-order valence-electron chi connectivity index (χ3n) is 5.83. The minimum Gasteiger partial charge on any atom is -0.460 e. The summed E-state index contributed by atoms with van der Waals surface area (Å²) in [6.07, 6.45) is 2.88. The fourth-order valence-electron chi connectivity index (χ4n) is 4.44. The predicted octanol–water partition coefficient (Wildman–Crippen LogP) is 3.74. The SMILES string of the molecule is O=C1CC[C@H]2C[C@@H](C(=O)OCc3ccccc3)N(Cc3ccccc3)[C@H]2C1. The Bertz CT molecular complexity index is 790. The topological polar surface area (TPSA) is 46.6 Å². The van der Waals surface area contributed by atoms with Crippen LogP contribution in [0, 0.1) is 5.92 Å². The normalized spacial score (nSPS) is 25.2. The molecule has 0 spiro atoms. The quantitative estimate of drug-likeness (QED) is 0.759. The maximum Gasteiger partial charge on any atom is 0.323 e. The zero-order chi connectivity index (χ0) is 18.6. The summed E-state index contributed by atoms with van der Waals surface area (Å²) in [5.41, 5.74) is 2.16. The van der Waals surface area contributed by atoms with E-state index in [0.29, 0.717) is 37.7 Å². The van der Waals surface area contributed by atoms with Crippen LogP contribution in [0.2, 0.25) is 0 Å². The van der Waals surface area contributed by atoms with E-state index in [2.05, 4.69) is 17.0 Å². The van der Waals surface area contributed by atoms with Crippen LogP contribution in [-0.2, 0) is 27.5 Å². The number of carbonyl (C=O) groups excluding carboxylic acids is 2. The molecule has 1 aliphatic carbocycles. The Kier molecular flexibility index (Phi) is 5.35. The van der Waals surface area contributed by atoms with Crippen molar-refractivity contribution >= 4 is 11.8 Å². The molecule has 2 fully saturated rings. The van der Waals surface area contributed by atoms with E-state index in [1.54, 1.807) is 0 Å². The lowest BCUT2D eigenvalue weighted by Gasteiger charge is -2.32. The minimum atomic E-state index is -0.269. The molecule has 4 heteroatoms. The molecule has 3 atom stereocenters. The van der Waals surface area contributed by atoms with E-state index in [-0.39, 0.29) is 18.1 Å². The van der Waals surface area contributed by atoms with Gasteiger partial charge in [-0.05, 0) is 29.9 Å². The van der Waals surface area contributed by atoms with Gasteiger partial charge in [0.05, 0.1) is 0 Å². The van der Waals surface area contributed by atoms with E-state index in [4.69, 9.17) is 4.74 Å². The molecule has 0 radical (unpaired) electrons. The van der Waals surface area contributed by atoms with Gasteiger partial charge in [0.25, 0.3) is 0 Å². The number of rotatable bonds is 5.